The number of carbonyl (C=O) groups is 1. The van der Waals surface area contributed by atoms with Gasteiger partial charge >= 0.3 is 0 Å². The quantitative estimate of drug-likeness (QED) is 0.667. The molecule has 3 rings (SSSR count). The number of hydrogen-bond acceptors (Lipinski definition) is 7. The van der Waals surface area contributed by atoms with E-state index in [-0.39, 0.29) is 11.7 Å². The normalized spacial score (nSPS) is 10.6. The molecule has 0 unspecified atom stereocenters. The van der Waals surface area contributed by atoms with Gasteiger partial charge in [-0.05, 0) is 31.0 Å². The van der Waals surface area contributed by atoms with Crippen molar-refractivity contribution in [3.8, 4) is 11.3 Å². The highest BCUT2D eigenvalue weighted by Crippen LogP contribution is 2.23. The van der Waals surface area contributed by atoms with Crippen molar-refractivity contribution in [1.29, 1.82) is 0 Å². The highest BCUT2D eigenvalue weighted by Gasteiger charge is 2.09. The lowest BCUT2D eigenvalue weighted by atomic mass is 10.1. The first kappa shape index (κ1) is 17.5. The third-order valence-electron chi connectivity index (χ3n) is 3.43. The van der Waals surface area contributed by atoms with E-state index in [4.69, 9.17) is 0 Å². The van der Waals surface area contributed by atoms with E-state index >= 15 is 0 Å². The van der Waals surface area contributed by atoms with Gasteiger partial charge in [0.1, 0.15) is 10.0 Å². The molecule has 128 valence electrons. The number of amides is 1. The number of benzene rings is 1. The minimum Gasteiger partial charge on any atom is -0.300 e. The summed E-state index contributed by atoms with van der Waals surface area (Å²) in [7, 11) is 0. The van der Waals surface area contributed by atoms with Gasteiger partial charge in [0, 0.05) is 5.56 Å². The van der Waals surface area contributed by atoms with Gasteiger partial charge in [-0.1, -0.05) is 54.3 Å². The van der Waals surface area contributed by atoms with Crippen LogP contribution in [0.25, 0.3) is 11.3 Å². The fourth-order valence-corrected chi connectivity index (χ4v) is 3.45. The van der Waals surface area contributed by atoms with Gasteiger partial charge in [-0.2, -0.15) is 0 Å². The Labute approximate surface area is 154 Å². The number of nitrogens with one attached hydrogen (secondary N) is 1. The van der Waals surface area contributed by atoms with Crippen molar-refractivity contribution in [1.82, 2.24) is 20.4 Å². The molecule has 8 heteroatoms. The highest BCUT2D eigenvalue weighted by atomic mass is 32.2. The average Bonchev–Trinajstić information content (AvgIpc) is 3.08. The van der Waals surface area contributed by atoms with Gasteiger partial charge in [0.25, 0.3) is 0 Å². The molecule has 0 saturated carbocycles. The summed E-state index contributed by atoms with van der Waals surface area (Å²) in [5.41, 5.74) is 3.04. The number of nitrogens with zero attached hydrogens (tertiary/aromatic N) is 4. The zero-order chi connectivity index (χ0) is 17.6. The van der Waals surface area contributed by atoms with E-state index in [0.29, 0.717) is 10.2 Å². The van der Waals surface area contributed by atoms with E-state index in [0.717, 1.165) is 28.2 Å². The Kier molecular flexibility index (Phi) is 5.72. The van der Waals surface area contributed by atoms with Crippen LogP contribution in [0, 0.1) is 6.92 Å². The second-order valence-electron chi connectivity index (χ2n) is 5.26. The summed E-state index contributed by atoms with van der Waals surface area (Å²) in [6, 6.07) is 11.8. The summed E-state index contributed by atoms with van der Waals surface area (Å²) in [6.07, 6.45) is 0.811. The summed E-state index contributed by atoms with van der Waals surface area (Å²) >= 11 is 2.73. The lowest BCUT2D eigenvalue weighted by Gasteiger charge is -2.05. The minimum atomic E-state index is -0.131. The fourth-order valence-electron chi connectivity index (χ4n) is 2.14. The zero-order valence-electron chi connectivity index (χ0n) is 13.9. The van der Waals surface area contributed by atoms with Crippen molar-refractivity contribution in [3.05, 3.63) is 47.0 Å². The first-order valence-corrected chi connectivity index (χ1v) is 9.60. The number of aromatic nitrogens is 4. The third kappa shape index (κ3) is 4.61. The monoisotopic (exact) mass is 371 g/mol. The molecule has 6 nitrogen and oxygen atoms in total. The molecule has 25 heavy (non-hydrogen) atoms. The van der Waals surface area contributed by atoms with E-state index in [2.05, 4.69) is 25.7 Å². The predicted molar refractivity (Wildman–Crippen MR) is 101 cm³/mol. The molecule has 1 amide bonds. The molecule has 0 radical (unpaired) electrons. The summed E-state index contributed by atoms with van der Waals surface area (Å²) < 4.78 is 0. The van der Waals surface area contributed by atoms with Crippen LogP contribution in [-0.4, -0.2) is 32.1 Å². The van der Waals surface area contributed by atoms with Gasteiger partial charge in [0.15, 0.2) is 0 Å². The van der Waals surface area contributed by atoms with Crippen LogP contribution in [-0.2, 0) is 11.2 Å². The molecule has 0 aliphatic carbocycles. The molecular formula is C17H17N5OS2. The summed E-state index contributed by atoms with van der Waals surface area (Å²) in [6.45, 7) is 4.04. The Balaban J connectivity index is 1.56. The van der Waals surface area contributed by atoms with Gasteiger partial charge in [-0.3, -0.25) is 10.1 Å². The van der Waals surface area contributed by atoms with Crippen LogP contribution < -0.4 is 5.32 Å². The van der Waals surface area contributed by atoms with E-state index in [9.17, 15) is 4.79 Å². The van der Waals surface area contributed by atoms with Crippen LogP contribution in [0.2, 0.25) is 0 Å². The first-order valence-electron chi connectivity index (χ1n) is 7.80. The highest BCUT2D eigenvalue weighted by molar-refractivity contribution is 7.99. The van der Waals surface area contributed by atoms with Crippen molar-refractivity contribution in [2.75, 3.05) is 11.1 Å². The van der Waals surface area contributed by atoms with Crippen LogP contribution in [0.5, 0.6) is 0 Å². The lowest BCUT2D eigenvalue weighted by Crippen LogP contribution is -2.14. The van der Waals surface area contributed by atoms with Crippen molar-refractivity contribution in [2.45, 2.75) is 25.3 Å². The maximum absolute atomic E-state index is 12.0. The molecule has 0 bridgehead atoms. The number of anilines is 1. The molecule has 0 saturated heterocycles. The van der Waals surface area contributed by atoms with Crippen molar-refractivity contribution < 1.29 is 4.79 Å². The number of thioether (sulfide) groups is 1. The molecule has 3 aromatic rings. The molecule has 2 heterocycles. The number of rotatable bonds is 6. The molecule has 1 aromatic carbocycles. The van der Waals surface area contributed by atoms with Gasteiger partial charge in [0.05, 0.1) is 11.4 Å². The lowest BCUT2D eigenvalue weighted by molar-refractivity contribution is -0.113. The van der Waals surface area contributed by atoms with Crippen LogP contribution in [0.4, 0.5) is 5.13 Å². The van der Waals surface area contributed by atoms with Crippen molar-refractivity contribution in [3.63, 3.8) is 0 Å². The second kappa shape index (κ2) is 8.17. The van der Waals surface area contributed by atoms with Crippen LogP contribution in [0.3, 0.4) is 0 Å². The third-order valence-corrected chi connectivity index (χ3v) is 5.33. The molecule has 1 N–H and O–H groups in total. The zero-order valence-corrected chi connectivity index (χ0v) is 15.5. The van der Waals surface area contributed by atoms with E-state index < -0.39 is 0 Å². The maximum Gasteiger partial charge on any atom is 0.236 e. The van der Waals surface area contributed by atoms with Gasteiger partial charge in [-0.25, -0.2) is 0 Å². The molecule has 0 aliphatic heterocycles. The van der Waals surface area contributed by atoms with Crippen LogP contribution in [0.1, 0.15) is 17.5 Å². The fraction of sp³-hybridized carbons (Fsp3) is 0.235. The largest absolute Gasteiger partial charge is 0.300 e. The van der Waals surface area contributed by atoms with E-state index in [1.807, 2.05) is 50.2 Å². The number of hydrogen-bond donors (Lipinski definition) is 1. The smallest absolute Gasteiger partial charge is 0.236 e. The second-order valence-corrected chi connectivity index (χ2v) is 7.32. The average molecular weight is 371 g/mol. The minimum absolute atomic E-state index is 0.131. The Bertz CT molecular complexity index is 863. The van der Waals surface area contributed by atoms with Gasteiger partial charge in [-0.15, -0.1) is 20.4 Å². The van der Waals surface area contributed by atoms with E-state index in [1.54, 1.807) is 0 Å². The number of aryl methyl sites for hydroxylation is 2. The predicted octanol–water partition coefficient (Wildman–Crippen LogP) is 3.60. The van der Waals surface area contributed by atoms with Gasteiger partial charge in [0.2, 0.25) is 11.0 Å². The van der Waals surface area contributed by atoms with Crippen LogP contribution >= 0.6 is 23.1 Å². The van der Waals surface area contributed by atoms with Gasteiger partial charge < -0.3 is 0 Å². The Morgan fingerprint density at radius 2 is 1.96 bits per heavy atom. The maximum atomic E-state index is 12.0. The Morgan fingerprint density at radius 1 is 1.12 bits per heavy atom. The molecule has 0 fully saturated rings. The molecular weight excluding hydrogens is 354 g/mol. The topological polar surface area (TPSA) is 80.7 Å². The van der Waals surface area contributed by atoms with Crippen molar-refractivity contribution in [2.24, 2.45) is 0 Å². The molecule has 0 aliphatic rings. The Morgan fingerprint density at radius 3 is 2.64 bits per heavy atom. The van der Waals surface area contributed by atoms with Crippen molar-refractivity contribution >= 4 is 34.1 Å². The standard InChI is InChI=1S/C17H17N5OS2/c1-3-15-20-22-17(25-15)18-14(23)10-24-16-9-8-13(19-21-16)12-7-5-4-6-11(12)2/h4-9H,3,10H2,1-2H3,(H,18,22,23). The molecule has 0 spiro atoms. The summed E-state index contributed by atoms with van der Waals surface area (Å²) in [5.74, 6) is 0.118. The summed E-state index contributed by atoms with van der Waals surface area (Å²) in [4.78, 5) is 12.0. The first-order chi connectivity index (χ1) is 12.2. The van der Waals surface area contributed by atoms with Crippen LogP contribution in [0.15, 0.2) is 41.4 Å². The van der Waals surface area contributed by atoms with E-state index in [1.165, 1.54) is 23.1 Å². The SMILES string of the molecule is CCc1nnc(NC(=O)CSc2ccc(-c3ccccc3C)nn2)s1. The Hall–Kier alpha value is -2.32. The summed E-state index contributed by atoms with van der Waals surface area (Å²) in [5, 5.41) is 21.3. The molecule has 2 aromatic heterocycles. The molecule has 0 atom stereocenters. The number of carbonyl (C=O) groups excluding carboxylic acids is 1.